The SMILES string of the molecule is CC(C)(C)[C@]12N=[C]S[C@H]1O[C@H](C(O)C(F)(F)F)[C@@H](OCc1ccccc1)[C@@H]2OCc1ccccc1. The van der Waals surface area contributed by atoms with Gasteiger partial charge in [-0.2, -0.15) is 13.2 Å². The van der Waals surface area contributed by atoms with Crippen LogP contribution in [0.25, 0.3) is 0 Å². The van der Waals surface area contributed by atoms with Crippen LogP contribution >= 0.6 is 11.8 Å². The van der Waals surface area contributed by atoms with Crippen LogP contribution in [0.3, 0.4) is 0 Å². The summed E-state index contributed by atoms with van der Waals surface area (Å²) < 4.78 is 59.7. The first-order chi connectivity index (χ1) is 16.5. The zero-order valence-electron chi connectivity index (χ0n) is 19.7. The first-order valence-electron chi connectivity index (χ1n) is 11.4. The van der Waals surface area contributed by atoms with Gasteiger partial charge in [0.25, 0.3) is 0 Å². The van der Waals surface area contributed by atoms with E-state index in [9.17, 15) is 18.3 Å². The van der Waals surface area contributed by atoms with Gasteiger partial charge in [0.1, 0.15) is 34.8 Å². The monoisotopic (exact) mass is 508 g/mol. The zero-order valence-corrected chi connectivity index (χ0v) is 20.6. The molecule has 189 valence electrons. The van der Waals surface area contributed by atoms with E-state index in [1.54, 1.807) is 0 Å². The summed E-state index contributed by atoms with van der Waals surface area (Å²) in [6.07, 6.45) is -11.6. The Morgan fingerprint density at radius 1 is 1.00 bits per heavy atom. The molecule has 0 bridgehead atoms. The molecule has 35 heavy (non-hydrogen) atoms. The standard InChI is InChI=1S/C26H29F3NO4S/c1-24(2,3)25-22(33-15-18-12-8-5-9-13-18)20(32-14-17-10-6-4-7-11-17)19(21(31)26(27,28)29)34-23(25)35-16-30-25/h4-13,19-23,31H,14-15H2,1-3H3/t19-,20+,21?,22-,23+,25+/m0/s1. The van der Waals surface area contributed by atoms with E-state index >= 15 is 0 Å². The third-order valence-electron chi connectivity index (χ3n) is 6.49. The van der Waals surface area contributed by atoms with Crippen LogP contribution in [0.15, 0.2) is 65.7 Å². The third-order valence-corrected chi connectivity index (χ3v) is 7.37. The summed E-state index contributed by atoms with van der Waals surface area (Å²) in [6, 6.07) is 18.5. The Kier molecular flexibility index (Phi) is 7.64. The van der Waals surface area contributed by atoms with Gasteiger partial charge in [0.05, 0.1) is 13.2 Å². The predicted octanol–water partition coefficient (Wildman–Crippen LogP) is 5.24. The smallest absolute Gasteiger partial charge is 0.381 e. The van der Waals surface area contributed by atoms with Crippen molar-refractivity contribution in [2.75, 3.05) is 0 Å². The molecule has 1 fully saturated rings. The molecule has 2 aromatic carbocycles. The van der Waals surface area contributed by atoms with E-state index in [1.807, 2.05) is 81.4 Å². The highest BCUT2D eigenvalue weighted by Gasteiger charge is 2.67. The maximum atomic E-state index is 13.7. The molecule has 1 radical (unpaired) electrons. The second-order valence-corrected chi connectivity index (χ2v) is 10.6. The molecule has 0 spiro atoms. The summed E-state index contributed by atoms with van der Waals surface area (Å²) in [4.78, 5) is 4.64. The number of halogens is 3. The number of ether oxygens (including phenoxy) is 3. The first-order valence-corrected chi connectivity index (χ1v) is 12.3. The molecule has 2 heterocycles. The summed E-state index contributed by atoms with van der Waals surface area (Å²) in [5, 5.41) is 10.3. The maximum Gasteiger partial charge on any atom is 0.417 e. The lowest BCUT2D eigenvalue weighted by Crippen LogP contribution is -2.71. The van der Waals surface area contributed by atoms with E-state index in [4.69, 9.17) is 14.2 Å². The molecule has 0 aromatic heterocycles. The van der Waals surface area contributed by atoms with Crippen LogP contribution < -0.4 is 0 Å². The highest BCUT2D eigenvalue weighted by atomic mass is 32.2. The molecule has 2 aromatic rings. The number of fused-ring (bicyclic) bond motifs is 1. The Morgan fingerprint density at radius 2 is 1.54 bits per heavy atom. The molecule has 6 atom stereocenters. The average Bonchev–Trinajstić information content (AvgIpc) is 3.26. The van der Waals surface area contributed by atoms with Gasteiger partial charge >= 0.3 is 6.18 Å². The van der Waals surface area contributed by atoms with Crippen molar-refractivity contribution in [3.05, 3.63) is 71.8 Å². The van der Waals surface area contributed by atoms with Crippen molar-refractivity contribution in [1.29, 1.82) is 0 Å². The normalized spacial score (nSPS) is 29.7. The van der Waals surface area contributed by atoms with E-state index in [2.05, 4.69) is 10.5 Å². The van der Waals surface area contributed by atoms with Gasteiger partial charge in [-0.15, -0.1) is 0 Å². The van der Waals surface area contributed by atoms with E-state index in [0.29, 0.717) is 0 Å². The summed E-state index contributed by atoms with van der Waals surface area (Å²) in [5.74, 6) is 0. The minimum Gasteiger partial charge on any atom is -0.381 e. The first kappa shape index (κ1) is 26.2. The fourth-order valence-corrected chi connectivity index (χ4v) is 5.79. The zero-order chi connectivity index (χ0) is 25.3. The van der Waals surface area contributed by atoms with Crippen molar-refractivity contribution in [2.24, 2.45) is 10.4 Å². The Hall–Kier alpha value is -1.91. The lowest BCUT2D eigenvalue weighted by Gasteiger charge is -2.55. The minimum absolute atomic E-state index is 0.0204. The molecule has 2 aliphatic heterocycles. The van der Waals surface area contributed by atoms with Crippen LogP contribution in [-0.4, -0.2) is 52.2 Å². The van der Waals surface area contributed by atoms with Crippen LogP contribution in [-0.2, 0) is 27.4 Å². The average molecular weight is 509 g/mol. The Bertz CT molecular complexity index is 999. The molecule has 5 nitrogen and oxygen atoms in total. The van der Waals surface area contributed by atoms with Crippen LogP contribution in [0.4, 0.5) is 13.2 Å². The van der Waals surface area contributed by atoms with Crippen molar-refractivity contribution in [1.82, 2.24) is 0 Å². The van der Waals surface area contributed by atoms with Gasteiger partial charge in [-0.3, -0.25) is 4.99 Å². The number of rotatable bonds is 7. The Labute approximate surface area is 207 Å². The largest absolute Gasteiger partial charge is 0.417 e. The van der Waals surface area contributed by atoms with Crippen molar-refractivity contribution >= 4 is 17.3 Å². The molecule has 4 rings (SSSR count). The van der Waals surface area contributed by atoms with E-state index in [-0.39, 0.29) is 13.2 Å². The second kappa shape index (κ2) is 10.2. The van der Waals surface area contributed by atoms with Gasteiger partial charge in [0.15, 0.2) is 6.10 Å². The number of nitrogens with zero attached hydrogens (tertiary/aromatic N) is 1. The van der Waals surface area contributed by atoms with Crippen LogP contribution in [0.1, 0.15) is 31.9 Å². The number of alkyl halides is 3. The van der Waals surface area contributed by atoms with Crippen molar-refractivity contribution in [3.63, 3.8) is 0 Å². The third kappa shape index (κ3) is 5.29. The molecule has 2 aliphatic rings. The lowest BCUT2D eigenvalue weighted by molar-refractivity contribution is -0.300. The molecule has 9 heteroatoms. The van der Waals surface area contributed by atoms with E-state index in [1.165, 1.54) is 0 Å². The molecule has 0 aliphatic carbocycles. The van der Waals surface area contributed by atoms with Crippen molar-refractivity contribution in [3.8, 4) is 0 Å². The predicted molar refractivity (Wildman–Crippen MR) is 128 cm³/mol. The Morgan fingerprint density at radius 3 is 2.06 bits per heavy atom. The fraction of sp³-hybridized carbons (Fsp3) is 0.500. The van der Waals surface area contributed by atoms with Gasteiger partial charge in [-0.25, -0.2) is 0 Å². The number of benzene rings is 2. The van der Waals surface area contributed by atoms with Gasteiger partial charge in [0.2, 0.25) is 0 Å². The molecule has 1 unspecified atom stereocenters. The Balaban J connectivity index is 1.74. The highest BCUT2D eigenvalue weighted by molar-refractivity contribution is 8.12. The second-order valence-electron chi connectivity index (χ2n) is 9.79. The number of aliphatic hydroxyl groups excluding tert-OH is 1. The number of hydrogen-bond donors (Lipinski definition) is 1. The molecular formula is C26H29F3NO4S. The van der Waals surface area contributed by atoms with Crippen LogP contribution in [0, 0.1) is 5.41 Å². The topological polar surface area (TPSA) is 60.3 Å². The summed E-state index contributed by atoms with van der Waals surface area (Å²) in [6.45, 7) is 5.97. The number of hydrogen-bond acceptors (Lipinski definition) is 6. The van der Waals surface area contributed by atoms with E-state index in [0.717, 1.165) is 22.9 Å². The lowest BCUT2D eigenvalue weighted by atomic mass is 9.67. The molecule has 1 N–H and O–H groups in total. The van der Waals surface area contributed by atoms with Gasteiger partial charge < -0.3 is 19.3 Å². The number of aliphatic hydroxyl groups is 1. The molecular weight excluding hydrogens is 479 g/mol. The molecule has 1 saturated heterocycles. The molecule has 0 saturated carbocycles. The summed E-state index contributed by atoms with van der Waals surface area (Å²) >= 11 is 1.07. The van der Waals surface area contributed by atoms with Crippen molar-refractivity contribution < 1.29 is 32.5 Å². The van der Waals surface area contributed by atoms with Crippen LogP contribution in [0.2, 0.25) is 0 Å². The van der Waals surface area contributed by atoms with Crippen molar-refractivity contribution in [2.45, 2.75) is 75.6 Å². The summed E-state index contributed by atoms with van der Waals surface area (Å²) in [5.41, 5.74) is 1.98. The quantitative estimate of drug-likeness (QED) is 0.554. The maximum absolute atomic E-state index is 13.7. The van der Waals surface area contributed by atoms with Gasteiger partial charge in [-0.05, 0) is 16.5 Å². The minimum atomic E-state index is -4.90. The molecule has 0 amide bonds. The van der Waals surface area contributed by atoms with Crippen LogP contribution in [0.5, 0.6) is 0 Å². The van der Waals surface area contributed by atoms with Gasteiger partial charge in [-0.1, -0.05) is 93.2 Å². The van der Waals surface area contributed by atoms with E-state index < -0.39 is 47.0 Å². The number of thioether (sulfide) groups is 1. The summed E-state index contributed by atoms with van der Waals surface area (Å²) in [7, 11) is 0. The highest BCUT2D eigenvalue weighted by Crippen LogP contribution is 2.54. The fourth-order valence-electron chi connectivity index (χ4n) is 4.58. The number of aliphatic imine (C=N–C) groups is 1. The van der Waals surface area contributed by atoms with Gasteiger partial charge in [0, 0.05) is 0 Å².